The van der Waals surface area contributed by atoms with Gasteiger partial charge in [0.15, 0.2) is 0 Å². The van der Waals surface area contributed by atoms with Gasteiger partial charge in [0.25, 0.3) is 0 Å². The quantitative estimate of drug-likeness (QED) is 0.736. The SMILES string of the molecule is COCCCNC(=O)CCN1CCN(c2cccc(Cl)c2)CC1. The fourth-order valence-electron chi connectivity index (χ4n) is 2.69. The molecular formula is C17H26ClN3O2. The highest BCUT2D eigenvalue weighted by molar-refractivity contribution is 6.30. The second-order valence-electron chi connectivity index (χ2n) is 5.75. The van der Waals surface area contributed by atoms with Gasteiger partial charge in [-0.3, -0.25) is 9.69 Å². The summed E-state index contributed by atoms with van der Waals surface area (Å²) in [4.78, 5) is 16.5. The summed E-state index contributed by atoms with van der Waals surface area (Å²) >= 11 is 6.05. The van der Waals surface area contributed by atoms with E-state index in [2.05, 4.69) is 21.2 Å². The van der Waals surface area contributed by atoms with E-state index in [-0.39, 0.29) is 5.91 Å². The minimum Gasteiger partial charge on any atom is -0.385 e. The standard InChI is InChI=1S/C17H26ClN3O2/c1-23-13-3-7-19-17(22)6-8-20-9-11-21(12-10-20)16-5-2-4-15(18)14-16/h2,4-5,14H,3,6-13H2,1H3,(H,19,22). The Hall–Kier alpha value is -1.30. The number of benzene rings is 1. The van der Waals surface area contributed by atoms with E-state index in [0.29, 0.717) is 19.6 Å². The number of hydrogen-bond acceptors (Lipinski definition) is 4. The number of ether oxygens (including phenoxy) is 1. The molecule has 1 aromatic rings. The van der Waals surface area contributed by atoms with Crippen LogP contribution >= 0.6 is 11.6 Å². The van der Waals surface area contributed by atoms with E-state index < -0.39 is 0 Å². The minimum atomic E-state index is 0.123. The topological polar surface area (TPSA) is 44.8 Å². The number of nitrogens with zero attached hydrogens (tertiary/aromatic N) is 2. The highest BCUT2D eigenvalue weighted by Gasteiger charge is 2.17. The molecule has 2 rings (SSSR count). The number of methoxy groups -OCH3 is 1. The summed E-state index contributed by atoms with van der Waals surface area (Å²) in [6, 6.07) is 7.98. The fraction of sp³-hybridized carbons (Fsp3) is 0.588. The fourth-order valence-corrected chi connectivity index (χ4v) is 2.88. The Balaban J connectivity index is 1.64. The van der Waals surface area contributed by atoms with Crippen LogP contribution in [-0.2, 0) is 9.53 Å². The molecule has 1 aliphatic heterocycles. The summed E-state index contributed by atoms with van der Waals surface area (Å²) in [7, 11) is 1.67. The van der Waals surface area contributed by atoms with Crippen LogP contribution in [0.1, 0.15) is 12.8 Å². The summed E-state index contributed by atoms with van der Waals surface area (Å²) in [6.45, 7) is 6.08. The Morgan fingerprint density at radius 1 is 1.30 bits per heavy atom. The molecule has 0 spiro atoms. The highest BCUT2D eigenvalue weighted by Crippen LogP contribution is 2.20. The Labute approximate surface area is 143 Å². The van der Waals surface area contributed by atoms with E-state index in [1.54, 1.807) is 7.11 Å². The lowest BCUT2D eigenvalue weighted by Gasteiger charge is -2.36. The Kier molecular flexibility index (Phi) is 7.65. The second kappa shape index (κ2) is 9.75. The number of amides is 1. The summed E-state index contributed by atoms with van der Waals surface area (Å²) in [6.07, 6.45) is 1.42. The lowest BCUT2D eigenvalue weighted by atomic mass is 10.2. The van der Waals surface area contributed by atoms with E-state index in [1.165, 1.54) is 5.69 Å². The molecular weight excluding hydrogens is 314 g/mol. The van der Waals surface area contributed by atoms with Crippen LogP contribution in [0.5, 0.6) is 0 Å². The molecule has 0 aromatic heterocycles. The van der Waals surface area contributed by atoms with E-state index in [1.807, 2.05) is 18.2 Å². The molecule has 1 heterocycles. The Morgan fingerprint density at radius 2 is 2.09 bits per heavy atom. The van der Waals surface area contributed by atoms with Crippen LogP contribution in [0.25, 0.3) is 0 Å². The van der Waals surface area contributed by atoms with Crippen molar-refractivity contribution in [2.24, 2.45) is 0 Å². The van der Waals surface area contributed by atoms with Crippen LogP contribution in [0, 0.1) is 0 Å². The van der Waals surface area contributed by atoms with E-state index >= 15 is 0 Å². The van der Waals surface area contributed by atoms with Crippen molar-refractivity contribution in [2.45, 2.75) is 12.8 Å². The van der Waals surface area contributed by atoms with Crippen LogP contribution in [0.15, 0.2) is 24.3 Å². The average Bonchev–Trinajstić information content (AvgIpc) is 2.57. The number of carbonyl (C=O) groups is 1. The first-order chi connectivity index (χ1) is 11.2. The van der Waals surface area contributed by atoms with Crippen molar-refractivity contribution in [3.05, 3.63) is 29.3 Å². The van der Waals surface area contributed by atoms with Crippen molar-refractivity contribution in [3.63, 3.8) is 0 Å². The molecule has 1 aliphatic rings. The lowest BCUT2D eigenvalue weighted by Crippen LogP contribution is -2.47. The molecule has 1 N–H and O–H groups in total. The van der Waals surface area contributed by atoms with E-state index in [4.69, 9.17) is 16.3 Å². The van der Waals surface area contributed by atoms with Crippen LogP contribution in [-0.4, -0.2) is 63.8 Å². The number of rotatable bonds is 8. The number of halogens is 1. The van der Waals surface area contributed by atoms with Gasteiger partial charge in [0, 0.05) is 70.1 Å². The van der Waals surface area contributed by atoms with Gasteiger partial charge in [-0.25, -0.2) is 0 Å². The first kappa shape index (κ1) is 18.0. The zero-order valence-corrected chi connectivity index (χ0v) is 14.5. The first-order valence-electron chi connectivity index (χ1n) is 8.17. The molecule has 0 radical (unpaired) electrons. The van der Waals surface area contributed by atoms with Crippen LogP contribution in [0.3, 0.4) is 0 Å². The third-order valence-electron chi connectivity index (χ3n) is 4.05. The molecule has 23 heavy (non-hydrogen) atoms. The average molecular weight is 340 g/mol. The van der Waals surface area contributed by atoms with Gasteiger partial charge in [0.1, 0.15) is 0 Å². The third kappa shape index (κ3) is 6.37. The lowest BCUT2D eigenvalue weighted by molar-refractivity contribution is -0.121. The highest BCUT2D eigenvalue weighted by atomic mass is 35.5. The largest absolute Gasteiger partial charge is 0.385 e. The van der Waals surface area contributed by atoms with Crippen LogP contribution in [0.2, 0.25) is 5.02 Å². The summed E-state index contributed by atoms with van der Waals surface area (Å²) < 4.78 is 4.96. The van der Waals surface area contributed by atoms with Gasteiger partial charge in [0.05, 0.1) is 0 Å². The normalized spacial score (nSPS) is 15.7. The zero-order chi connectivity index (χ0) is 16.5. The number of carbonyl (C=O) groups excluding carboxylic acids is 1. The maximum absolute atomic E-state index is 11.8. The van der Waals surface area contributed by atoms with E-state index in [9.17, 15) is 4.79 Å². The second-order valence-corrected chi connectivity index (χ2v) is 6.19. The molecule has 1 amide bonds. The van der Waals surface area contributed by atoms with Crippen molar-refractivity contribution < 1.29 is 9.53 Å². The number of nitrogens with one attached hydrogen (secondary N) is 1. The molecule has 128 valence electrons. The Morgan fingerprint density at radius 3 is 2.78 bits per heavy atom. The smallest absolute Gasteiger partial charge is 0.221 e. The summed E-state index contributed by atoms with van der Waals surface area (Å²) in [5.41, 5.74) is 1.17. The first-order valence-corrected chi connectivity index (χ1v) is 8.55. The van der Waals surface area contributed by atoms with Gasteiger partial charge < -0.3 is 15.0 Å². The van der Waals surface area contributed by atoms with Crippen molar-refractivity contribution in [1.29, 1.82) is 0 Å². The number of anilines is 1. The van der Waals surface area contributed by atoms with E-state index in [0.717, 1.165) is 44.2 Å². The van der Waals surface area contributed by atoms with Crippen molar-refractivity contribution >= 4 is 23.2 Å². The van der Waals surface area contributed by atoms with Gasteiger partial charge >= 0.3 is 0 Å². The third-order valence-corrected chi connectivity index (χ3v) is 4.28. The van der Waals surface area contributed by atoms with Gasteiger partial charge in [-0.1, -0.05) is 17.7 Å². The molecule has 1 fully saturated rings. The number of piperazine rings is 1. The predicted molar refractivity (Wildman–Crippen MR) is 94.2 cm³/mol. The van der Waals surface area contributed by atoms with Gasteiger partial charge in [0.2, 0.25) is 5.91 Å². The maximum Gasteiger partial charge on any atom is 0.221 e. The maximum atomic E-state index is 11.8. The number of hydrogen-bond donors (Lipinski definition) is 1. The van der Waals surface area contributed by atoms with Gasteiger partial charge in [-0.05, 0) is 24.6 Å². The molecule has 5 nitrogen and oxygen atoms in total. The molecule has 0 bridgehead atoms. The van der Waals surface area contributed by atoms with Gasteiger partial charge in [-0.15, -0.1) is 0 Å². The molecule has 0 saturated carbocycles. The van der Waals surface area contributed by atoms with Crippen molar-refractivity contribution in [1.82, 2.24) is 10.2 Å². The summed E-state index contributed by atoms with van der Waals surface area (Å²) in [5, 5.41) is 3.70. The summed E-state index contributed by atoms with van der Waals surface area (Å²) in [5.74, 6) is 0.123. The van der Waals surface area contributed by atoms with Crippen molar-refractivity contribution in [2.75, 3.05) is 57.9 Å². The molecule has 1 saturated heterocycles. The molecule has 6 heteroatoms. The molecule has 1 aromatic carbocycles. The minimum absolute atomic E-state index is 0.123. The molecule has 0 aliphatic carbocycles. The monoisotopic (exact) mass is 339 g/mol. The zero-order valence-electron chi connectivity index (χ0n) is 13.8. The predicted octanol–water partition coefficient (Wildman–Crippen LogP) is 2.00. The van der Waals surface area contributed by atoms with Crippen molar-refractivity contribution in [3.8, 4) is 0 Å². The van der Waals surface area contributed by atoms with Gasteiger partial charge in [-0.2, -0.15) is 0 Å². The van der Waals surface area contributed by atoms with Crippen LogP contribution in [0.4, 0.5) is 5.69 Å². The molecule has 0 unspecified atom stereocenters. The van der Waals surface area contributed by atoms with Crippen LogP contribution < -0.4 is 10.2 Å². The Bertz CT molecular complexity index is 490. The molecule has 0 atom stereocenters.